The van der Waals surface area contributed by atoms with E-state index in [9.17, 15) is 0 Å². The number of unbranched alkanes of at least 4 members (excludes halogenated alkanes) is 5. The van der Waals surface area contributed by atoms with E-state index in [1.165, 1.54) is 0 Å². The molecular weight excluding hydrogens is 440 g/mol. The van der Waals surface area contributed by atoms with Crippen molar-refractivity contribution in [2.24, 2.45) is 0 Å². The predicted molar refractivity (Wildman–Crippen MR) is 131 cm³/mol. The number of hydrogen-bond acceptors (Lipinski definition) is 8. The van der Waals surface area contributed by atoms with Crippen LogP contribution in [0, 0.1) is 0 Å². The lowest BCUT2D eigenvalue weighted by Crippen LogP contribution is -2.05. The Hall–Kier alpha value is -0.320. The quantitative estimate of drug-likeness (QED) is 0.116. The van der Waals surface area contributed by atoms with E-state index < -0.39 is 0 Å². The van der Waals surface area contributed by atoms with Crippen LogP contribution in [0.4, 0.5) is 0 Å². The van der Waals surface area contributed by atoms with Crippen LogP contribution in [-0.2, 0) is 37.9 Å². The number of hydrogen-bond donors (Lipinski definition) is 0. The first-order valence-electron chi connectivity index (χ1n) is 13.6. The molecule has 0 aromatic rings. The molecule has 8 heteroatoms. The molecule has 2 saturated heterocycles. The maximum atomic E-state index is 5.69. The molecule has 2 aliphatic heterocycles. The summed E-state index contributed by atoms with van der Waals surface area (Å²) in [5.74, 6) is 0. The molecule has 34 heavy (non-hydrogen) atoms. The molecule has 0 bridgehead atoms. The first kappa shape index (κ1) is 29.9. The average molecular weight is 491 g/mol. The fourth-order valence-corrected chi connectivity index (χ4v) is 3.21. The van der Waals surface area contributed by atoms with Gasteiger partial charge in [0.15, 0.2) is 0 Å². The molecule has 0 aromatic carbocycles. The highest BCUT2D eigenvalue weighted by molar-refractivity contribution is 4.67. The summed E-state index contributed by atoms with van der Waals surface area (Å²) in [5.41, 5.74) is 0. The van der Waals surface area contributed by atoms with E-state index in [-0.39, 0.29) is 0 Å². The summed E-state index contributed by atoms with van der Waals surface area (Å²) in [6.45, 7) is 11.4. The van der Waals surface area contributed by atoms with E-state index in [4.69, 9.17) is 37.9 Å². The Morgan fingerprint density at radius 3 is 0.765 bits per heavy atom. The normalized spacial score (nSPS) is 19.1. The van der Waals surface area contributed by atoms with Crippen LogP contribution in [0.2, 0.25) is 0 Å². The molecule has 2 unspecified atom stereocenters. The molecule has 0 amide bonds. The Morgan fingerprint density at radius 1 is 0.353 bits per heavy atom. The minimum Gasteiger partial charge on any atom is -0.381 e. The predicted octanol–water partition coefficient (Wildman–Crippen LogP) is 3.78. The molecule has 0 spiro atoms. The van der Waals surface area contributed by atoms with Gasteiger partial charge in [-0.25, -0.2) is 0 Å². The highest BCUT2D eigenvalue weighted by Gasteiger charge is 2.22. The Labute approximate surface area is 207 Å². The SMILES string of the molecule is C(CCOCCCCOCCCCOCC1CO1)COCCCCOCCCCOCC1CO1. The highest BCUT2D eigenvalue weighted by atomic mass is 16.6. The molecular formula is C26H50O8. The Morgan fingerprint density at radius 2 is 0.559 bits per heavy atom. The number of ether oxygens (including phenoxy) is 8. The van der Waals surface area contributed by atoms with Crippen molar-refractivity contribution < 1.29 is 37.9 Å². The topological polar surface area (TPSA) is 80.4 Å². The van der Waals surface area contributed by atoms with Crippen molar-refractivity contribution in [2.45, 2.75) is 76.4 Å². The smallest absolute Gasteiger partial charge is 0.104 e. The van der Waals surface area contributed by atoms with Gasteiger partial charge in [-0.15, -0.1) is 0 Å². The second kappa shape index (κ2) is 23.1. The number of rotatable bonds is 29. The monoisotopic (exact) mass is 490 g/mol. The van der Waals surface area contributed by atoms with Crippen LogP contribution in [0.3, 0.4) is 0 Å². The van der Waals surface area contributed by atoms with Crippen LogP contribution < -0.4 is 0 Å². The second-order valence-electron chi connectivity index (χ2n) is 9.05. The molecule has 0 radical (unpaired) electrons. The van der Waals surface area contributed by atoms with Crippen LogP contribution in [0.15, 0.2) is 0 Å². The third kappa shape index (κ3) is 22.2. The lowest BCUT2D eigenvalue weighted by Gasteiger charge is -2.07. The third-order valence-electron chi connectivity index (χ3n) is 5.55. The van der Waals surface area contributed by atoms with Gasteiger partial charge >= 0.3 is 0 Å². The van der Waals surface area contributed by atoms with Crippen LogP contribution in [0.1, 0.15) is 64.2 Å². The largest absolute Gasteiger partial charge is 0.381 e. The summed E-state index contributed by atoms with van der Waals surface area (Å²) < 4.78 is 43.9. The van der Waals surface area contributed by atoms with Crippen molar-refractivity contribution in [1.82, 2.24) is 0 Å². The first-order valence-corrected chi connectivity index (χ1v) is 13.6. The highest BCUT2D eigenvalue weighted by Crippen LogP contribution is 2.09. The minimum atomic E-state index is 0.368. The van der Waals surface area contributed by atoms with Gasteiger partial charge in [0, 0.05) is 66.1 Å². The van der Waals surface area contributed by atoms with Crippen LogP contribution in [0.25, 0.3) is 0 Å². The maximum Gasteiger partial charge on any atom is 0.104 e. The lowest BCUT2D eigenvalue weighted by atomic mass is 10.3. The molecule has 0 aromatic heterocycles. The first-order chi connectivity index (χ1) is 16.9. The average Bonchev–Trinajstić information content (AvgIpc) is 3.76. The summed E-state index contributed by atoms with van der Waals surface area (Å²) in [6, 6.07) is 0. The summed E-state index contributed by atoms with van der Waals surface area (Å²) in [4.78, 5) is 0. The van der Waals surface area contributed by atoms with E-state index in [1.54, 1.807) is 0 Å². The van der Waals surface area contributed by atoms with Crippen LogP contribution in [0.5, 0.6) is 0 Å². The summed E-state index contributed by atoms with van der Waals surface area (Å²) in [5, 5.41) is 0. The van der Waals surface area contributed by atoms with E-state index in [0.29, 0.717) is 12.2 Å². The van der Waals surface area contributed by atoms with Gasteiger partial charge in [0.1, 0.15) is 12.2 Å². The van der Waals surface area contributed by atoms with Crippen LogP contribution in [-0.4, -0.2) is 105 Å². The van der Waals surface area contributed by atoms with Gasteiger partial charge in [-0.05, 0) is 64.2 Å². The fourth-order valence-electron chi connectivity index (χ4n) is 3.21. The van der Waals surface area contributed by atoms with Gasteiger partial charge < -0.3 is 37.9 Å². The molecule has 2 fully saturated rings. The van der Waals surface area contributed by atoms with E-state index in [1.807, 2.05) is 0 Å². The Balaban J connectivity index is 1.11. The van der Waals surface area contributed by atoms with Gasteiger partial charge in [-0.1, -0.05) is 0 Å². The molecule has 0 N–H and O–H groups in total. The molecule has 8 nitrogen and oxygen atoms in total. The maximum absolute atomic E-state index is 5.69. The van der Waals surface area contributed by atoms with Gasteiger partial charge in [0.25, 0.3) is 0 Å². The zero-order chi connectivity index (χ0) is 23.8. The lowest BCUT2D eigenvalue weighted by molar-refractivity contribution is 0.0784. The summed E-state index contributed by atoms with van der Waals surface area (Å²) in [6.07, 6.45) is 11.3. The van der Waals surface area contributed by atoms with Gasteiger partial charge in [-0.3, -0.25) is 0 Å². The van der Waals surface area contributed by atoms with Gasteiger partial charge in [-0.2, -0.15) is 0 Å². The summed E-state index contributed by atoms with van der Waals surface area (Å²) in [7, 11) is 0. The summed E-state index contributed by atoms with van der Waals surface area (Å²) >= 11 is 0. The fraction of sp³-hybridized carbons (Fsp3) is 1.00. The van der Waals surface area contributed by atoms with Crippen molar-refractivity contribution in [2.75, 3.05) is 92.5 Å². The van der Waals surface area contributed by atoms with E-state index in [2.05, 4.69) is 0 Å². The van der Waals surface area contributed by atoms with Crippen molar-refractivity contribution in [1.29, 1.82) is 0 Å². The minimum absolute atomic E-state index is 0.368. The zero-order valence-electron chi connectivity index (χ0n) is 21.4. The van der Waals surface area contributed by atoms with Crippen molar-refractivity contribution in [3.8, 4) is 0 Å². The standard InChI is InChI=1S/C26H50O8/c1(11-27-13-3-5-15-29-17-7-9-19-31-21-25-23-33-25)2-12-28-14-4-6-16-30-18-8-10-20-32-22-26-24-34-26/h25-26H,1-24H2. The third-order valence-corrected chi connectivity index (χ3v) is 5.55. The number of epoxide rings is 2. The van der Waals surface area contributed by atoms with Crippen LogP contribution >= 0.6 is 0 Å². The Bertz CT molecular complexity index is 380. The molecule has 2 aliphatic rings. The van der Waals surface area contributed by atoms with Gasteiger partial charge in [0.2, 0.25) is 0 Å². The molecule has 2 heterocycles. The molecule has 0 saturated carbocycles. The van der Waals surface area contributed by atoms with E-state index in [0.717, 1.165) is 157 Å². The van der Waals surface area contributed by atoms with Crippen molar-refractivity contribution >= 4 is 0 Å². The van der Waals surface area contributed by atoms with E-state index >= 15 is 0 Å². The zero-order valence-corrected chi connectivity index (χ0v) is 21.4. The molecule has 2 atom stereocenters. The van der Waals surface area contributed by atoms with Crippen molar-refractivity contribution in [3.63, 3.8) is 0 Å². The van der Waals surface area contributed by atoms with Gasteiger partial charge in [0.05, 0.1) is 26.4 Å². The second-order valence-corrected chi connectivity index (χ2v) is 9.05. The molecule has 0 aliphatic carbocycles. The molecule has 202 valence electrons. The molecule has 2 rings (SSSR count). The van der Waals surface area contributed by atoms with Crippen molar-refractivity contribution in [3.05, 3.63) is 0 Å². The Kier molecular flexibility index (Phi) is 20.3.